The van der Waals surface area contributed by atoms with Crippen LogP contribution in [-0.2, 0) is 12.3 Å². The molecule has 26 heavy (non-hydrogen) atoms. The van der Waals surface area contributed by atoms with Crippen molar-refractivity contribution < 1.29 is 18.3 Å². The highest BCUT2D eigenvalue weighted by atomic mass is 32.2. The molecule has 9 heteroatoms. The maximum absolute atomic E-state index is 12.5. The van der Waals surface area contributed by atoms with Crippen LogP contribution < -0.4 is 5.73 Å². The van der Waals surface area contributed by atoms with E-state index >= 15 is 0 Å². The van der Waals surface area contributed by atoms with Gasteiger partial charge in [-0.15, -0.1) is 11.8 Å². The summed E-state index contributed by atoms with van der Waals surface area (Å²) >= 11 is 0.729. The van der Waals surface area contributed by atoms with Crippen molar-refractivity contribution in [3.63, 3.8) is 0 Å². The number of alkyl halides is 3. The van der Waals surface area contributed by atoms with Crippen LogP contribution in [0.2, 0.25) is 0 Å². The van der Waals surface area contributed by atoms with Gasteiger partial charge < -0.3 is 15.4 Å². The molecule has 3 aromatic rings. The van der Waals surface area contributed by atoms with Gasteiger partial charge in [-0.05, 0) is 19.9 Å². The summed E-state index contributed by atoms with van der Waals surface area (Å²) < 4.78 is 39.2. The molecule has 0 aliphatic heterocycles. The molecule has 0 bridgehead atoms. The lowest BCUT2D eigenvalue weighted by Gasteiger charge is -2.20. The highest BCUT2D eigenvalue weighted by Crippen LogP contribution is 2.32. The van der Waals surface area contributed by atoms with Gasteiger partial charge >= 0.3 is 6.18 Å². The van der Waals surface area contributed by atoms with Gasteiger partial charge in [0.05, 0.1) is 34.7 Å². The van der Waals surface area contributed by atoms with Crippen molar-refractivity contribution in [3.05, 3.63) is 30.1 Å². The minimum absolute atomic E-state index is 0.0536. The largest absolute Gasteiger partial charge is 0.397 e. The minimum atomic E-state index is -4.24. The average molecular weight is 384 g/mol. The smallest absolute Gasteiger partial charge is 0.389 e. The lowest BCUT2D eigenvalue weighted by atomic mass is 10.1. The van der Waals surface area contributed by atoms with E-state index in [9.17, 15) is 18.3 Å². The Morgan fingerprint density at radius 2 is 1.88 bits per heavy atom. The molecule has 0 aliphatic rings. The second kappa shape index (κ2) is 6.62. The summed E-state index contributed by atoms with van der Waals surface area (Å²) in [5, 5.41) is 11.1. The molecule has 0 saturated heterocycles. The Hall–Kier alpha value is -2.00. The second-order valence-electron chi connectivity index (χ2n) is 6.75. The number of hydrogen-bond acceptors (Lipinski definition) is 5. The predicted octanol–water partition coefficient (Wildman–Crippen LogP) is 3.73. The van der Waals surface area contributed by atoms with E-state index in [1.165, 1.54) is 0 Å². The number of aromatic nitrogens is 3. The number of hydrogen-bond donors (Lipinski definition) is 2. The van der Waals surface area contributed by atoms with Gasteiger partial charge in [0, 0.05) is 5.39 Å². The van der Waals surface area contributed by atoms with Crippen molar-refractivity contribution in [3.8, 4) is 0 Å². The molecule has 0 saturated carbocycles. The van der Waals surface area contributed by atoms with E-state index in [2.05, 4.69) is 9.97 Å². The van der Waals surface area contributed by atoms with Gasteiger partial charge in [-0.3, -0.25) is 0 Å². The Morgan fingerprint density at radius 1 is 1.19 bits per heavy atom. The van der Waals surface area contributed by atoms with Crippen molar-refractivity contribution in [2.24, 2.45) is 0 Å². The normalized spacial score (nSPS) is 13.0. The van der Waals surface area contributed by atoms with Gasteiger partial charge in [0.1, 0.15) is 11.3 Å². The maximum Gasteiger partial charge on any atom is 0.397 e. The molecule has 2 heterocycles. The van der Waals surface area contributed by atoms with Crippen LogP contribution in [0.1, 0.15) is 19.7 Å². The third-order valence-corrected chi connectivity index (χ3v) is 4.73. The van der Waals surface area contributed by atoms with E-state index in [-0.39, 0.29) is 18.1 Å². The molecule has 0 fully saturated rings. The summed E-state index contributed by atoms with van der Waals surface area (Å²) in [5.74, 6) is -0.262. The number of imidazole rings is 1. The number of thioether (sulfide) groups is 1. The summed E-state index contributed by atoms with van der Waals surface area (Å²) in [4.78, 5) is 8.77. The van der Waals surface area contributed by atoms with Crippen LogP contribution in [-0.4, -0.2) is 37.2 Å². The van der Waals surface area contributed by atoms with Gasteiger partial charge in [0.15, 0.2) is 5.82 Å². The quantitative estimate of drug-likeness (QED) is 0.701. The predicted molar refractivity (Wildman–Crippen MR) is 98.0 cm³/mol. The Labute approximate surface area is 152 Å². The van der Waals surface area contributed by atoms with Crippen molar-refractivity contribution in [2.45, 2.75) is 37.9 Å². The van der Waals surface area contributed by atoms with E-state index in [4.69, 9.17) is 5.73 Å². The number of rotatable bonds is 5. The molecular weight excluding hydrogens is 365 g/mol. The minimum Gasteiger partial charge on any atom is -0.389 e. The number of nitrogens with zero attached hydrogens (tertiary/aromatic N) is 3. The van der Waals surface area contributed by atoms with Crippen LogP contribution >= 0.6 is 11.8 Å². The number of halogens is 3. The number of pyridine rings is 1. The first-order chi connectivity index (χ1) is 12.1. The van der Waals surface area contributed by atoms with Gasteiger partial charge in [-0.25, -0.2) is 9.97 Å². The third kappa shape index (κ3) is 4.04. The number of anilines is 1. The van der Waals surface area contributed by atoms with Gasteiger partial charge in [0.25, 0.3) is 0 Å². The molecule has 3 N–H and O–H groups in total. The fourth-order valence-electron chi connectivity index (χ4n) is 2.83. The fourth-order valence-corrected chi connectivity index (χ4v) is 3.57. The molecule has 3 rings (SSSR count). The van der Waals surface area contributed by atoms with E-state index in [0.717, 1.165) is 17.1 Å². The van der Waals surface area contributed by atoms with Gasteiger partial charge in [-0.1, -0.05) is 18.2 Å². The highest BCUT2D eigenvalue weighted by molar-refractivity contribution is 7.98. The second-order valence-corrected chi connectivity index (χ2v) is 7.73. The van der Waals surface area contributed by atoms with E-state index in [0.29, 0.717) is 22.4 Å². The number of aliphatic hydroxyl groups is 1. The molecule has 0 amide bonds. The number of fused-ring (bicyclic) bond motifs is 3. The highest BCUT2D eigenvalue weighted by Gasteiger charge is 2.28. The van der Waals surface area contributed by atoms with Crippen molar-refractivity contribution in [2.75, 3.05) is 11.5 Å². The Balaban J connectivity index is 2.15. The molecule has 2 aromatic heterocycles. The topological polar surface area (TPSA) is 77.0 Å². The lowest BCUT2D eigenvalue weighted by Crippen LogP contribution is -2.27. The number of para-hydroxylation sites is 1. The number of nitrogen functional groups attached to an aromatic ring is 1. The molecule has 0 radical (unpaired) electrons. The third-order valence-electron chi connectivity index (χ3n) is 3.73. The van der Waals surface area contributed by atoms with E-state index < -0.39 is 17.5 Å². The summed E-state index contributed by atoms with van der Waals surface area (Å²) in [6, 6.07) is 7.35. The number of benzene rings is 1. The average Bonchev–Trinajstić information content (AvgIpc) is 2.84. The SMILES string of the molecule is CC(C)(O)Cn1c(CSCC(F)(F)F)nc2c(N)nc3ccccc3c21. The van der Waals surface area contributed by atoms with E-state index in [1.54, 1.807) is 18.4 Å². The zero-order chi connectivity index (χ0) is 19.1. The fraction of sp³-hybridized carbons (Fsp3) is 0.412. The Kier molecular flexibility index (Phi) is 4.78. The van der Waals surface area contributed by atoms with Gasteiger partial charge in [0.2, 0.25) is 0 Å². The lowest BCUT2D eigenvalue weighted by molar-refractivity contribution is -0.105. The Bertz CT molecular complexity index is 947. The number of nitrogens with two attached hydrogens (primary N) is 1. The molecule has 5 nitrogen and oxygen atoms in total. The summed E-state index contributed by atoms with van der Waals surface area (Å²) in [7, 11) is 0. The van der Waals surface area contributed by atoms with E-state index in [1.807, 2.05) is 24.3 Å². The zero-order valence-corrected chi connectivity index (χ0v) is 15.2. The standard InChI is InChI=1S/C17H19F3N4OS/c1-16(2,25)8-24-12(7-26-9-17(18,19)20)23-13-14(24)10-5-3-4-6-11(10)22-15(13)21/h3-6,25H,7-9H2,1-2H3,(H2,21,22). The van der Waals surface area contributed by atoms with Crippen LogP contribution in [0.3, 0.4) is 0 Å². The maximum atomic E-state index is 12.5. The van der Waals surface area contributed by atoms with Crippen molar-refractivity contribution in [1.82, 2.24) is 14.5 Å². The summed E-state index contributed by atoms with van der Waals surface area (Å²) in [5.41, 5.74) is 6.75. The molecular formula is C17H19F3N4OS. The van der Waals surface area contributed by atoms with Crippen molar-refractivity contribution >= 4 is 39.5 Å². The first-order valence-corrected chi connectivity index (χ1v) is 9.11. The van der Waals surface area contributed by atoms with Crippen LogP contribution in [0.15, 0.2) is 24.3 Å². The molecule has 0 unspecified atom stereocenters. The Morgan fingerprint density at radius 3 is 2.54 bits per heavy atom. The molecule has 1 aromatic carbocycles. The zero-order valence-electron chi connectivity index (χ0n) is 14.3. The molecule has 0 aliphatic carbocycles. The molecule has 0 atom stereocenters. The van der Waals surface area contributed by atoms with Crippen LogP contribution in [0.25, 0.3) is 21.9 Å². The van der Waals surface area contributed by atoms with Crippen LogP contribution in [0.5, 0.6) is 0 Å². The summed E-state index contributed by atoms with van der Waals surface area (Å²) in [6.45, 7) is 3.45. The molecule has 140 valence electrons. The van der Waals surface area contributed by atoms with Crippen LogP contribution in [0, 0.1) is 0 Å². The molecule has 0 spiro atoms. The summed E-state index contributed by atoms with van der Waals surface area (Å²) in [6.07, 6.45) is -4.24. The first-order valence-electron chi connectivity index (χ1n) is 7.95. The monoisotopic (exact) mass is 384 g/mol. The van der Waals surface area contributed by atoms with Gasteiger partial charge in [-0.2, -0.15) is 13.2 Å². The van der Waals surface area contributed by atoms with Crippen LogP contribution in [0.4, 0.5) is 19.0 Å². The van der Waals surface area contributed by atoms with Crippen molar-refractivity contribution in [1.29, 1.82) is 0 Å². The first kappa shape index (κ1) is 18.8.